The molecule has 0 saturated carbocycles. The highest BCUT2D eigenvalue weighted by Crippen LogP contribution is 2.28. The Morgan fingerprint density at radius 3 is 2.52 bits per heavy atom. The van der Waals surface area contributed by atoms with Gasteiger partial charge in [-0.15, -0.1) is 10.2 Å². The molecule has 152 valence electrons. The molecule has 3 aromatic rings. The highest BCUT2D eigenvalue weighted by molar-refractivity contribution is 8.00. The fourth-order valence-corrected chi connectivity index (χ4v) is 3.46. The van der Waals surface area contributed by atoms with Gasteiger partial charge >= 0.3 is 0 Å². The third kappa shape index (κ3) is 5.48. The average Bonchev–Trinajstić information content (AvgIpc) is 3.19. The average molecular weight is 432 g/mol. The molecule has 1 amide bonds. The number of amides is 1. The fraction of sp³-hybridized carbons (Fsp3) is 0.300. The van der Waals surface area contributed by atoms with E-state index in [0.29, 0.717) is 22.0 Å². The van der Waals surface area contributed by atoms with Crippen LogP contribution in [0.1, 0.15) is 20.8 Å². The molecule has 2 aromatic heterocycles. The Labute approximate surface area is 178 Å². The first kappa shape index (κ1) is 21.1. The van der Waals surface area contributed by atoms with Gasteiger partial charge in [0.25, 0.3) is 5.22 Å². The maximum absolute atomic E-state index is 12.3. The molecule has 7 nitrogen and oxygen atoms in total. The Balaban J connectivity index is 1.62. The van der Waals surface area contributed by atoms with E-state index >= 15 is 0 Å². The molecule has 1 N–H and O–H groups in total. The maximum Gasteiger partial charge on any atom is 0.277 e. The van der Waals surface area contributed by atoms with Crippen LogP contribution in [0, 0.1) is 0 Å². The van der Waals surface area contributed by atoms with Gasteiger partial charge in [0.1, 0.15) is 5.82 Å². The lowest BCUT2D eigenvalue weighted by Gasteiger charge is -2.20. The summed E-state index contributed by atoms with van der Waals surface area (Å²) in [6, 6.07) is 11.3. The molecule has 0 aliphatic heterocycles. The minimum Gasteiger partial charge on any atom is -0.411 e. The van der Waals surface area contributed by atoms with Crippen LogP contribution in [0.4, 0.5) is 11.5 Å². The summed E-state index contributed by atoms with van der Waals surface area (Å²) >= 11 is 6.99. The number of anilines is 2. The third-order valence-corrected chi connectivity index (χ3v) is 5.43. The summed E-state index contributed by atoms with van der Waals surface area (Å²) < 4.78 is 5.72. The Morgan fingerprint density at radius 2 is 1.90 bits per heavy atom. The van der Waals surface area contributed by atoms with E-state index in [2.05, 4.69) is 39.2 Å². The number of hydrogen-bond acceptors (Lipinski definition) is 7. The van der Waals surface area contributed by atoms with Gasteiger partial charge in [-0.1, -0.05) is 23.4 Å². The number of nitrogens with zero attached hydrogens (tertiary/aromatic N) is 4. The van der Waals surface area contributed by atoms with E-state index in [1.54, 1.807) is 19.1 Å². The lowest BCUT2D eigenvalue weighted by molar-refractivity contribution is -0.115. The quantitative estimate of drug-likeness (QED) is 0.515. The van der Waals surface area contributed by atoms with E-state index in [4.69, 9.17) is 16.0 Å². The first-order chi connectivity index (χ1) is 14.0. The van der Waals surface area contributed by atoms with E-state index < -0.39 is 5.25 Å². The summed E-state index contributed by atoms with van der Waals surface area (Å²) in [7, 11) is 0. The van der Waals surface area contributed by atoms with Gasteiger partial charge in [0.15, 0.2) is 0 Å². The zero-order chi connectivity index (χ0) is 20.8. The van der Waals surface area contributed by atoms with Crippen LogP contribution in [0.15, 0.2) is 52.2 Å². The molecule has 0 fully saturated rings. The van der Waals surface area contributed by atoms with Crippen LogP contribution in [0.2, 0.25) is 5.02 Å². The largest absolute Gasteiger partial charge is 0.411 e. The number of pyridine rings is 1. The van der Waals surface area contributed by atoms with Crippen molar-refractivity contribution in [3.05, 3.63) is 47.6 Å². The minimum absolute atomic E-state index is 0.215. The van der Waals surface area contributed by atoms with Crippen LogP contribution in [0.25, 0.3) is 11.5 Å². The van der Waals surface area contributed by atoms with Crippen molar-refractivity contribution in [2.75, 3.05) is 23.3 Å². The van der Waals surface area contributed by atoms with Crippen molar-refractivity contribution in [1.82, 2.24) is 15.2 Å². The van der Waals surface area contributed by atoms with Gasteiger partial charge in [0.2, 0.25) is 11.8 Å². The van der Waals surface area contributed by atoms with E-state index in [9.17, 15) is 4.79 Å². The number of rotatable bonds is 8. The molecular weight excluding hydrogens is 410 g/mol. The fourth-order valence-electron chi connectivity index (χ4n) is 2.66. The smallest absolute Gasteiger partial charge is 0.277 e. The van der Waals surface area contributed by atoms with Crippen molar-refractivity contribution < 1.29 is 9.21 Å². The highest BCUT2D eigenvalue weighted by atomic mass is 35.5. The summed E-state index contributed by atoms with van der Waals surface area (Å²) in [6.07, 6.45) is 1.48. The number of halogens is 1. The third-order valence-electron chi connectivity index (χ3n) is 4.27. The number of carbonyl (C=O) groups is 1. The van der Waals surface area contributed by atoms with Crippen LogP contribution >= 0.6 is 23.4 Å². The van der Waals surface area contributed by atoms with Crippen LogP contribution in [-0.4, -0.2) is 39.4 Å². The molecule has 9 heteroatoms. The molecule has 0 unspecified atom stereocenters. The van der Waals surface area contributed by atoms with Gasteiger partial charge < -0.3 is 14.6 Å². The molecule has 0 radical (unpaired) electrons. The maximum atomic E-state index is 12.3. The van der Waals surface area contributed by atoms with Gasteiger partial charge in [-0.25, -0.2) is 4.98 Å². The first-order valence-electron chi connectivity index (χ1n) is 9.28. The second-order valence-corrected chi connectivity index (χ2v) is 7.93. The van der Waals surface area contributed by atoms with Crippen molar-refractivity contribution in [2.24, 2.45) is 0 Å². The Hall–Kier alpha value is -2.58. The Kier molecular flexibility index (Phi) is 7.11. The highest BCUT2D eigenvalue weighted by Gasteiger charge is 2.19. The van der Waals surface area contributed by atoms with Crippen molar-refractivity contribution in [1.29, 1.82) is 0 Å². The van der Waals surface area contributed by atoms with Crippen LogP contribution < -0.4 is 10.2 Å². The van der Waals surface area contributed by atoms with Gasteiger partial charge in [-0.3, -0.25) is 4.79 Å². The van der Waals surface area contributed by atoms with Gasteiger partial charge in [0, 0.05) is 30.5 Å². The molecule has 2 heterocycles. The number of thioether (sulfide) groups is 1. The van der Waals surface area contributed by atoms with E-state index in [1.165, 1.54) is 18.0 Å². The number of hydrogen-bond donors (Lipinski definition) is 1. The molecule has 1 atom stereocenters. The predicted octanol–water partition coefficient (Wildman–Crippen LogP) is 4.75. The van der Waals surface area contributed by atoms with Crippen LogP contribution in [-0.2, 0) is 4.79 Å². The monoisotopic (exact) mass is 431 g/mol. The number of nitrogens with one attached hydrogen (secondary N) is 1. The summed E-state index contributed by atoms with van der Waals surface area (Å²) in [5, 5.41) is 11.3. The molecule has 0 saturated heterocycles. The summed E-state index contributed by atoms with van der Waals surface area (Å²) in [4.78, 5) is 18.7. The predicted molar refractivity (Wildman–Crippen MR) is 116 cm³/mol. The molecule has 1 aromatic carbocycles. The van der Waals surface area contributed by atoms with Crippen molar-refractivity contribution in [3.8, 4) is 11.5 Å². The van der Waals surface area contributed by atoms with E-state index in [0.717, 1.165) is 24.3 Å². The van der Waals surface area contributed by atoms with Crippen molar-refractivity contribution in [3.63, 3.8) is 0 Å². The topological polar surface area (TPSA) is 84.2 Å². The summed E-state index contributed by atoms with van der Waals surface area (Å²) in [5.74, 6) is 0.644. The number of aromatic nitrogens is 3. The Morgan fingerprint density at radius 1 is 1.17 bits per heavy atom. The zero-order valence-electron chi connectivity index (χ0n) is 16.4. The van der Waals surface area contributed by atoms with E-state index in [1.807, 2.05) is 24.3 Å². The van der Waals surface area contributed by atoms with Gasteiger partial charge in [0.05, 0.1) is 10.3 Å². The summed E-state index contributed by atoms with van der Waals surface area (Å²) in [5.41, 5.74) is 1.98. The second kappa shape index (κ2) is 9.76. The van der Waals surface area contributed by atoms with Gasteiger partial charge in [-0.05, 0) is 57.2 Å². The molecule has 0 aliphatic carbocycles. The Bertz CT molecular complexity index is 942. The molecule has 29 heavy (non-hydrogen) atoms. The summed E-state index contributed by atoms with van der Waals surface area (Å²) in [6.45, 7) is 7.91. The molecule has 0 aliphatic rings. The minimum atomic E-state index is -0.439. The molecule has 0 spiro atoms. The van der Waals surface area contributed by atoms with E-state index in [-0.39, 0.29) is 5.91 Å². The number of benzene rings is 1. The lowest BCUT2D eigenvalue weighted by Crippen LogP contribution is -2.22. The number of carbonyl (C=O) groups excluding carboxylic acids is 1. The van der Waals surface area contributed by atoms with Crippen molar-refractivity contribution >= 4 is 40.8 Å². The zero-order valence-corrected chi connectivity index (χ0v) is 18.0. The first-order valence-corrected chi connectivity index (χ1v) is 10.5. The molecule has 3 rings (SSSR count). The lowest BCUT2D eigenvalue weighted by atomic mass is 10.2. The standard InChI is InChI=1S/C20H22ClN5O2S/c1-4-26(5-2)16-9-6-14(7-10-16)19-24-25-20(28-19)29-13(3)18(27)23-17-11-8-15(21)12-22-17/h6-13H,4-5H2,1-3H3,(H,22,23,27)/t13-/m1/s1. The molecular formula is C20H22ClN5O2S. The second-order valence-electron chi connectivity index (χ2n) is 6.20. The van der Waals surface area contributed by atoms with Crippen LogP contribution in [0.5, 0.6) is 0 Å². The normalized spacial score (nSPS) is 11.9. The van der Waals surface area contributed by atoms with Gasteiger partial charge in [-0.2, -0.15) is 0 Å². The molecule has 0 bridgehead atoms. The van der Waals surface area contributed by atoms with Crippen molar-refractivity contribution in [2.45, 2.75) is 31.2 Å². The SMILES string of the molecule is CCN(CC)c1ccc(-c2nnc(S[C@H](C)C(=O)Nc3ccc(Cl)cn3)o2)cc1. The van der Waals surface area contributed by atoms with Crippen LogP contribution in [0.3, 0.4) is 0 Å².